The molecule has 7 heteroatoms. The minimum Gasteiger partial charge on any atom is -0.457 e. The normalized spacial score (nSPS) is 16.4. The molecule has 33 heavy (non-hydrogen) atoms. The van der Waals surface area contributed by atoms with Gasteiger partial charge in [-0.3, -0.25) is 4.98 Å². The first-order chi connectivity index (χ1) is 16.2. The number of hydrogen-bond acceptors (Lipinski definition) is 6. The Bertz CT molecular complexity index is 1500. The van der Waals surface area contributed by atoms with Gasteiger partial charge in [-0.25, -0.2) is 4.98 Å². The average molecular weight is 452 g/mol. The first kappa shape index (κ1) is 19.5. The summed E-state index contributed by atoms with van der Waals surface area (Å²) in [5.41, 5.74) is 1.30. The number of hydrogen-bond donors (Lipinski definition) is 0. The molecular weight excluding hydrogens is 435 g/mol. The molecule has 160 valence electrons. The Morgan fingerprint density at radius 3 is 2.42 bits per heavy atom. The van der Waals surface area contributed by atoms with Crippen molar-refractivity contribution in [3.63, 3.8) is 0 Å². The lowest BCUT2D eigenvalue weighted by Gasteiger charge is -2.28. The van der Waals surface area contributed by atoms with Crippen molar-refractivity contribution in [3.8, 4) is 34.5 Å². The quantitative estimate of drug-likeness (QED) is 0.339. The zero-order valence-electron chi connectivity index (χ0n) is 17.3. The minimum absolute atomic E-state index is 0.505. The van der Waals surface area contributed by atoms with Gasteiger partial charge >= 0.3 is 0 Å². The largest absolute Gasteiger partial charge is 0.457 e. The predicted octanol–water partition coefficient (Wildman–Crippen LogP) is 5.27. The summed E-state index contributed by atoms with van der Waals surface area (Å²) < 4.78 is 32.3. The van der Waals surface area contributed by atoms with Crippen molar-refractivity contribution in [2.45, 2.75) is 0 Å². The van der Waals surface area contributed by atoms with E-state index in [-0.39, 0.29) is 0 Å². The number of fused-ring (bicyclic) bond motifs is 2. The van der Waals surface area contributed by atoms with Crippen LogP contribution in [0.5, 0.6) is 23.0 Å². The monoisotopic (exact) mass is 452 g/mol. The van der Waals surface area contributed by atoms with E-state index in [2.05, 4.69) is 9.97 Å². The Morgan fingerprint density at radius 1 is 0.727 bits per heavy atom. The third kappa shape index (κ3) is 3.32. The molecule has 0 amide bonds. The van der Waals surface area contributed by atoms with Crippen LogP contribution in [0.4, 0.5) is 0 Å². The Labute approximate surface area is 189 Å². The third-order valence-electron chi connectivity index (χ3n) is 5.41. The van der Waals surface area contributed by atoms with Gasteiger partial charge in [0.2, 0.25) is 5.89 Å². The molecule has 1 unspecified atom stereocenters. The standard InChI is InChI=1S/C26H17N2O4P/c29-33(25-10-3-4-13-27-25)23-9-2-1-8-21(23)32-22-12-11-20(17-24(22)33)31-19-7-5-6-18(16-19)26-28-14-15-30-26/h1-17H. The van der Waals surface area contributed by atoms with Crippen LogP contribution in [-0.2, 0) is 4.57 Å². The summed E-state index contributed by atoms with van der Waals surface area (Å²) in [5.74, 6) is 2.76. The van der Waals surface area contributed by atoms with Crippen LogP contribution in [0.25, 0.3) is 11.5 Å². The van der Waals surface area contributed by atoms with Crippen LogP contribution in [0.15, 0.2) is 108 Å². The van der Waals surface area contributed by atoms with E-state index in [4.69, 9.17) is 13.9 Å². The lowest BCUT2D eigenvalue weighted by atomic mass is 10.2. The number of aromatic nitrogens is 2. The maximum Gasteiger partial charge on any atom is 0.225 e. The zero-order chi connectivity index (χ0) is 22.3. The van der Waals surface area contributed by atoms with Gasteiger partial charge in [0.25, 0.3) is 0 Å². The summed E-state index contributed by atoms with van der Waals surface area (Å²) in [7, 11) is -3.27. The fourth-order valence-corrected chi connectivity index (χ4v) is 6.67. The van der Waals surface area contributed by atoms with E-state index in [1.807, 2.05) is 60.7 Å². The van der Waals surface area contributed by atoms with E-state index in [0.717, 1.165) is 5.56 Å². The molecule has 0 bridgehead atoms. The van der Waals surface area contributed by atoms with Crippen LogP contribution in [0.3, 0.4) is 0 Å². The highest BCUT2D eigenvalue weighted by Gasteiger charge is 2.40. The van der Waals surface area contributed by atoms with Gasteiger partial charge in [0.15, 0.2) is 7.14 Å². The summed E-state index contributed by atoms with van der Waals surface area (Å²) in [6.45, 7) is 0. The lowest BCUT2D eigenvalue weighted by Crippen LogP contribution is -2.31. The molecule has 3 aromatic carbocycles. The molecule has 0 saturated heterocycles. The SMILES string of the molecule is O=P1(c2ccccn2)c2ccccc2Oc2ccc(Oc3cccc(-c4ncco4)c3)cc21. The maximum absolute atomic E-state index is 14.7. The Kier molecular flexibility index (Phi) is 4.60. The molecule has 0 fully saturated rings. The smallest absolute Gasteiger partial charge is 0.225 e. The second kappa shape index (κ2) is 7.76. The fraction of sp³-hybridized carbons (Fsp3) is 0. The highest BCUT2D eigenvalue weighted by Crippen LogP contribution is 2.51. The maximum atomic E-state index is 14.7. The zero-order valence-corrected chi connectivity index (χ0v) is 18.2. The van der Waals surface area contributed by atoms with Gasteiger partial charge in [0.05, 0.1) is 16.8 Å². The van der Waals surface area contributed by atoms with Gasteiger partial charge in [-0.05, 0) is 60.7 Å². The van der Waals surface area contributed by atoms with E-state index in [0.29, 0.717) is 44.9 Å². The van der Waals surface area contributed by atoms with Gasteiger partial charge in [-0.2, -0.15) is 0 Å². The van der Waals surface area contributed by atoms with Crippen LogP contribution in [0.1, 0.15) is 0 Å². The van der Waals surface area contributed by atoms with Crippen molar-refractivity contribution < 1.29 is 18.5 Å². The van der Waals surface area contributed by atoms with E-state index in [9.17, 15) is 4.57 Å². The Balaban J connectivity index is 1.44. The van der Waals surface area contributed by atoms with E-state index < -0.39 is 7.14 Å². The van der Waals surface area contributed by atoms with Gasteiger partial charge in [-0.15, -0.1) is 0 Å². The summed E-state index contributed by atoms with van der Waals surface area (Å²) in [6.07, 6.45) is 4.78. The third-order valence-corrected chi connectivity index (χ3v) is 8.40. The van der Waals surface area contributed by atoms with Gasteiger partial charge in [0, 0.05) is 11.8 Å². The molecule has 1 aliphatic heterocycles. The number of para-hydroxylation sites is 1. The fourth-order valence-electron chi connectivity index (χ4n) is 3.93. The first-order valence-electron chi connectivity index (χ1n) is 10.3. The second-order valence-electron chi connectivity index (χ2n) is 7.46. The average Bonchev–Trinajstić information content (AvgIpc) is 3.41. The van der Waals surface area contributed by atoms with Crippen LogP contribution in [0, 0.1) is 0 Å². The number of benzene rings is 3. The molecular formula is C26H17N2O4P. The second-order valence-corrected chi connectivity index (χ2v) is 10.1. The predicted molar refractivity (Wildman–Crippen MR) is 126 cm³/mol. The summed E-state index contributed by atoms with van der Waals surface area (Å²) >= 11 is 0. The molecule has 1 atom stereocenters. The van der Waals surface area contributed by atoms with E-state index in [1.165, 1.54) is 6.26 Å². The molecule has 0 saturated carbocycles. The highest BCUT2D eigenvalue weighted by atomic mass is 31.2. The van der Waals surface area contributed by atoms with E-state index >= 15 is 0 Å². The molecule has 1 aliphatic rings. The molecule has 2 aromatic heterocycles. The summed E-state index contributed by atoms with van der Waals surface area (Å²) in [5, 5.41) is 1.18. The van der Waals surface area contributed by atoms with Crippen LogP contribution >= 0.6 is 7.14 Å². The molecule has 5 aromatic rings. The minimum atomic E-state index is -3.27. The van der Waals surface area contributed by atoms with Crippen LogP contribution < -0.4 is 25.5 Å². The summed E-state index contributed by atoms with van der Waals surface area (Å²) in [6, 6.07) is 25.6. The van der Waals surface area contributed by atoms with Gasteiger partial charge in [-0.1, -0.05) is 24.3 Å². The highest BCUT2D eigenvalue weighted by molar-refractivity contribution is 7.85. The molecule has 0 N–H and O–H groups in total. The lowest BCUT2D eigenvalue weighted by molar-refractivity contribution is 0.471. The number of rotatable bonds is 4. The van der Waals surface area contributed by atoms with E-state index in [1.54, 1.807) is 36.7 Å². The van der Waals surface area contributed by atoms with Crippen molar-refractivity contribution in [2.24, 2.45) is 0 Å². The number of nitrogens with zero attached hydrogens (tertiary/aromatic N) is 2. The molecule has 6 nitrogen and oxygen atoms in total. The Morgan fingerprint density at radius 2 is 1.58 bits per heavy atom. The molecule has 6 rings (SSSR count). The van der Waals surface area contributed by atoms with Crippen LogP contribution in [0.2, 0.25) is 0 Å². The molecule has 0 radical (unpaired) electrons. The first-order valence-corrected chi connectivity index (χ1v) is 12.0. The van der Waals surface area contributed by atoms with Gasteiger partial charge < -0.3 is 18.5 Å². The van der Waals surface area contributed by atoms with Crippen molar-refractivity contribution in [1.82, 2.24) is 9.97 Å². The number of pyridine rings is 1. The van der Waals surface area contributed by atoms with Crippen molar-refractivity contribution in [1.29, 1.82) is 0 Å². The Hall–Kier alpha value is -4.15. The van der Waals surface area contributed by atoms with Crippen molar-refractivity contribution in [3.05, 3.63) is 104 Å². The molecule has 0 spiro atoms. The number of ether oxygens (including phenoxy) is 2. The molecule has 0 aliphatic carbocycles. The van der Waals surface area contributed by atoms with Crippen molar-refractivity contribution in [2.75, 3.05) is 0 Å². The number of oxazole rings is 1. The topological polar surface area (TPSA) is 74.5 Å². The van der Waals surface area contributed by atoms with Gasteiger partial charge in [0.1, 0.15) is 34.7 Å². The van der Waals surface area contributed by atoms with Crippen molar-refractivity contribution >= 4 is 23.2 Å². The molecule has 3 heterocycles. The summed E-state index contributed by atoms with van der Waals surface area (Å²) in [4.78, 5) is 8.63. The van der Waals surface area contributed by atoms with Crippen LogP contribution in [-0.4, -0.2) is 9.97 Å².